The van der Waals surface area contributed by atoms with Gasteiger partial charge < -0.3 is 15.0 Å². The van der Waals surface area contributed by atoms with Crippen LogP contribution in [0.3, 0.4) is 0 Å². The Morgan fingerprint density at radius 3 is 2.93 bits per heavy atom. The van der Waals surface area contributed by atoms with Crippen LogP contribution in [0, 0.1) is 19.8 Å². The Morgan fingerprint density at radius 1 is 1.36 bits per heavy atom. The molecule has 2 aromatic rings. The molecule has 9 heteroatoms. The van der Waals surface area contributed by atoms with Crippen LogP contribution in [0.2, 0.25) is 0 Å². The van der Waals surface area contributed by atoms with Crippen molar-refractivity contribution in [3.8, 4) is 0 Å². The summed E-state index contributed by atoms with van der Waals surface area (Å²) in [4.78, 5) is 26.7. The Hall–Kier alpha value is -1.97. The van der Waals surface area contributed by atoms with E-state index in [1.165, 1.54) is 16.9 Å². The number of anilines is 2. The number of amides is 2. The maximum Gasteiger partial charge on any atom is 0.231 e. The average molecular weight is 421 g/mol. The number of carbonyl (C=O) groups is 2. The topological polar surface area (TPSA) is 84.4 Å². The van der Waals surface area contributed by atoms with Crippen molar-refractivity contribution in [3.05, 3.63) is 29.3 Å². The van der Waals surface area contributed by atoms with Crippen LogP contribution >= 0.6 is 23.1 Å². The highest BCUT2D eigenvalue weighted by Gasteiger charge is 2.35. The van der Waals surface area contributed by atoms with Gasteiger partial charge in [0.25, 0.3) is 0 Å². The van der Waals surface area contributed by atoms with Gasteiger partial charge in [0.2, 0.25) is 16.9 Å². The van der Waals surface area contributed by atoms with Crippen LogP contribution in [-0.2, 0) is 14.3 Å². The van der Waals surface area contributed by atoms with Crippen molar-refractivity contribution in [2.75, 3.05) is 35.7 Å². The minimum Gasteiger partial charge on any atom is -0.381 e. The number of thioether (sulfide) groups is 1. The minimum atomic E-state index is -0.396. The first-order valence-electron chi connectivity index (χ1n) is 9.20. The second-order valence-corrected chi connectivity index (χ2v) is 8.90. The Kier molecular flexibility index (Phi) is 7.03. The number of benzene rings is 1. The molecule has 1 aliphatic rings. The fraction of sp³-hybridized carbons (Fsp3) is 0.474. The van der Waals surface area contributed by atoms with Gasteiger partial charge in [0.1, 0.15) is 0 Å². The van der Waals surface area contributed by atoms with Gasteiger partial charge in [-0.1, -0.05) is 29.2 Å². The lowest BCUT2D eigenvalue weighted by molar-refractivity contribution is -0.122. The zero-order valence-corrected chi connectivity index (χ0v) is 17.9. The van der Waals surface area contributed by atoms with Gasteiger partial charge >= 0.3 is 0 Å². The summed E-state index contributed by atoms with van der Waals surface area (Å²) in [6.07, 6.45) is 0.202. The number of aromatic nitrogens is 2. The second-order valence-electron chi connectivity index (χ2n) is 6.58. The van der Waals surface area contributed by atoms with E-state index in [1.54, 1.807) is 16.7 Å². The lowest BCUT2D eigenvalue weighted by Gasteiger charge is -2.17. The largest absolute Gasteiger partial charge is 0.381 e. The van der Waals surface area contributed by atoms with Crippen molar-refractivity contribution in [1.29, 1.82) is 0 Å². The molecule has 7 nitrogen and oxygen atoms in total. The van der Waals surface area contributed by atoms with Crippen molar-refractivity contribution >= 4 is 45.7 Å². The standard InChI is InChI=1S/C19H24N4O3S2/c1-4-26-7-8-27-19-22-21-18(28-19)20-17(25)14-10-16(24)23(11-14)15-6-5-12(2)13(3)9-15/h5-6,9,14H,4,7-8,10-11H2,1-3H3,(H,20,21,25)/t14-/m1/s1. The molecule has 1 fully saturated rings. The summed E-state index contributed by atoms with van der Waals surface area (Å²) >= 11 is 2.88. The maximum atomic E-state index is 12.6. The molecule has 1 aromatic carbocycles. The van der Waals surface area contributed by atoms with Gasteiger partial charge in [-0.2, -0.15) is 0 Å². The zero-order valence-electron chi connectivity index (χ0n) is 16.2. The van der Waals surface area contributed by atoms with E-state index in [4.69, 9.17) is 4.74 Å². The summed E-state index contributed by atoms with van der Waals surface area (Å²) in [7, 11) is 0. The van der Waals surface area contributed by atoms with E-state index in [2.05, 4.69) is 15.5 Å². The number of carbonyl (C=O) groups excluding carboxylic acids is 2. The Balaban J connectivity index is 1.56. The number of nitrogens with zero attached hydrogens (tertiary/aromatic N) is 3. The van der Waals surface area contributed by atoms with Gasteiger partial charge in [-0.05, 0) is 44.0 Å². The maximum absolute atomic E-state index is 12.6. The summed E-state index contributed by atoms with van der Waals surface area (Å²) in [5.41, 5.74) is 3.14. The van der Waals surface area contributed by atoms with E-state index in [9.17, 15) is 9.59 Å². The van der Waals surface area contributed by atoms with Crippen molar-refractivity contribution in [3.63, 3.8) is 0 Å². The molecule has 1 saturated heterocycles. The number of ether oxygens (including phenoxy) is 1. The molecule has 0 bridgehead atoms. The molecule has 0 aliphatic carbocycles. The van der Waals surface area contributed by atoms with Crippen LogP contribution < -0.4 is 10.2 Å². The van der Waals surface area contributed by atoms with Crippen LogP contribution in [0.4, 0.5) is 10.8 Å². The van der Waals surface area contributed by atoms with E-state index in [0.29, 0.717) is 24.9 Å². The summed E-state index contributed by atoms with van der Waals surface area (Å²) in [6, 6.07) is 5.92. The van der Waals surface area contributed by atoms with Crippen LogP contribution in [-0.4, -0.2) is 47.5 Å². The van der Waals surface area contributed by atoms with Crippen LogP contribution in [0.15, 0.2) is 22.5 Å². The highest BCUT2D eigenvalue weighted by molar-refractivity contribution is 8.01. The Morgan fingerprint density at radius 2 is 2.18 bits per heavy atom. The van der Waals surface area contributed by atoms with Gasteiger partial charge in [-0.15, -0.1) is 10.2 Å². The smallest absolute Gasteiger partial charge is 0.231 e. The highest BCUT2D eigenvalue weighted by Crippen LogP contribution is 2.29. The fourth-order valence-electron chi connectivity index (χ4n) is 2.88. The third-order valence-electron chi connectivity index (χ3n) is 4.59. The Labute approximate surface area is 172 Å². The molecule has 1 atom stereocenters. The molecule has 150 valence electrons. The van der Waals surface area contributed by atoms with Crippen molar-refractivity contribution in [2.45, 2.75) is 31.5 Å². The van der Waals surface area contributed by atoms with Gasteiger partial charge in [0.05, 0.1) is 12.5 Å². The van der Waals surface area contributed by atoms with Gasteiger partial charge in [0, 0.05) is 31.0 Å². The molecule has 0 radical (unpaired) electrons. The number of hydrogen-bond donors (Lipinski definition) is 1. The number of rotatable bonds is 8. The molecule has 0 unspecified atom stereocenters. The van der Waals surface area contributed by atoms with Gasteiger partial charge in [-0.3, -0.25) is 9.59 Å². The average Bonchev–Trinajstić information content (AvgIpc) is 3.27. The molecular formula is C19H24N4O3S2. The fourth-order valence-corrected chi connectivity index (χ4v) is 4.56. The molecule has 2 amide bonds. The summed E-state index contributed by atoms with van der Waals surface area (Å²) < 4.78 is 6.08. The van der Waals surface area contributed by atoms with Crippen molar-refractivity contribution in [2.24, 2.45) is 5.92 Å². The first-order valence-corrected chi connectivity index (χ1v) is 11.0. The molecule has 1 aromatic heterocycles. The summed E-state index contributed by atoms with van der Waals surface area (Å²) in [6.45, 7) is 7.73. The van der Waals surface area contributed by atoms with E-state index in [0.717, 1.165) is 21.3 Å². The molecular weight excluding hydrogens is 396 g/mol. The monoisotopic (exact) mass is 420 g/mol. The first kappa shape index (κ1) is 20.8. The predicted molar refractivity (Wildman–Crippen MR) is 112 cm³/mol. The molecule has 1 N–H and O–H groups in total. The van der Waals surface area contributed by atoms with E-state index >= 15 is 0 Å². The summed E-state index contributed by atoms with van der Waals surface area (Å²) in [5.74, 6) is 0.167. The van der Waals surface area contributed by atoms with E-state index < -0.39 is 5.92 Å². The quantitative estimate of drug-likeness (QED) is 0.401. The lowest BCUT2D eigenvalue weighted by Crippen LogP contribution is -2.28. The normalized spacial score (nSPS) is 16.6. The number of hydrogen-bond acceptors (Lipinski definition) is 7. The van der Waals surface area contributed by atoms with Crippen molar-refractivity contribution in [1.82, 2.24) is 10.2 Å². The first-order chi connectivity index (χ1) is 13.5. The second kappa shape index (κ2) is 9.49. The van der Waals surface area contributed by atoms with Crippen LogP contribution in [0.1, 0.15) is 24.5 Å². The minimum absolute atomic E-state index is 0.0344. The number of aryl methyl sites for hydroxylation is 2. The highest BCUT2D eigenvalue weighted by atomic mass is 32.2. The lowest BCUT2D eigenvalue weighted by atomic mass is 10.1. The predicted octanol–water partition coefficient (Wildman–Crippen LogP) is 3.28. The molecule has 0 spiro atoms. The van der Waals surface area contributed by atoms with Crippen molar-refractivity contribution < 1.29 is 14.3 Å². The van der Waals surface area contributed by atoms with Crippen LogP contribution in [0.25, 0.3) is 0 Å². The third-order valence-corrected chi connectivity index (χ3v) is 6.53. The Bertz CT molecular complexity index is 855. The molecule has 1 aliphatic heterocycles. The van der Waals surface area contributed by atoms with E-state index in [-0.39, 0.29) is 18.2 Å². The van der Waals surface area contributed by atoms with Gasteiger partial charge in [0.15, 0.2) is 4.34 Å². The summed E-state index contributed by atoms with van der Waals surface area (Å²) in [5, 5.41) is 11.4. The third kappa shape index (κ3) is 5.09. The zero-order chi connectivity index (χ0) is 20.1. The van der Waals surface area contributed by atoms with Crippen LogP contribution in [0.5, 0.6) is 0 Å². The molecule has 2 heterocycles. The van der Waals surface area contributed by atoms with Gasteiger partial charge in [-0.25, -0.2) is 0 Å². The molecule has 3 rings (SSSR count). The number of nitrogens with one attached hydrogen (secondary N) is 1. The molecule has 0 saturated carbocycles. The SMILES string of the molecule is CCOCCSc1nnc(NC(=O)[C@@H]2CC(=O)N(c3ccc(C)c(C)c3)C2)s1. The molecule has 28 heavy (non-hydrogen) atoms. The van der Waals surface area contributed by atoms with E-state index in [1.807, 2.05) is 39.0 Å².